The summed E-state index contributed by atoms with van der Waals surface area (Å²) in [6, 6.07) is 9.81. The SMILES string of the molecule is CCN(c1ccccc1)c1ncnc(NC2CCCC2)c1[N+](=O)[O-]. The van der Waals surface area contributed by atoms with Crippen molar-refractivity contribution in [1.82, 2.24) is 9.97 Å². The van der Waals surface area contributed by atoms with E-state index in [1.807, 2.05) is 42.2 Å². The third kappa shape index (κ3) is 3.29. The molecule has 1 aromatic heterocycles. The first-order chi connectivity index (χ1) is 11.7. The van der Waals surface area contributed by atoms with E-state index < -0.39 is 4.92 Å². The Morgan fingerprint density at radius 1 is 1.25 bits per heavy atom. The number of para-hydroxylation sites is 1. The van der Waals surface area contributed by atoms with E-state index in [-0.39, 0.29) is 11.7 Å². The van der Waals surface area contributed by atoms with E-state index in [4.69, 9.17) is 0 Å². The summed E-state index contributed by atoms with van der Waals surface area (Å²) in [7, 11) is 0. The standard InChI is InChI=1S/C17H21N5O2/c1-2-21(14-10-4-3-5-11-14)17-15(22(23)24)16(18-12-19-17)20-13-8-6-7-9-13/h3-5,10-13H,2,6-9H2,1H3,(H,18,19,20). The van der Waals surface area contributed by atoms with E-state index in [2.05, 4.69) is 15.3 Å². The minimum absolute atomic E-state index is 0.0601. The average Bonchev–Trinajstić information content (AvgIpc) is 3.09. The second-order valence-corrected chi connectivity index (χ2v) is 5.86. The minimum atomic E-state index is -0.391. The van der Waals surface area contributed by atoms with Crippen LogP contribution in [0.25, 0.3) is 0 Å². The number of hydrogen-bond acceptors (Lipinski definition) is 6. The third-order valence-electron chi connectivity index (χ3n) is 4.32. The topological polar surface area (TPSA) is 84.2 Å². The van der Waals surface area contributed by atoms with E-state index in [9.17, 15) is 10.1 Å². The highest BCUT2D eigenvalue weighted by Gasteiger charge is 2.29. The molecule has 2 aromatic rings. The molecule has 1 saturated carbocycles. The summed E-state index contributed by atoms with van der Waals surface area (Å²) < 4.78 is 0. The first kappa shape index (κ1) is 16.2. The molecule has 0 bridgehead atoms. The molecule has 3 rings (SSSR count). The van der Waals surface area contributed by atoms with Crippen LogP contribution >= 0.6 is 0 Å². The highest BCUT2D eigenvalue weighted by Crippen LogP contribution is 2.36. The van der Waals surface area contributed by atoms with Gasteiger partial charge in [0, 0.05) is 18.3 Å². The molecule has 0 radical (unpaired) electrons. The lowest BCUT2D eigenvalue weighted by Crippen LogP contribution is -2.22. The van der Waals surface area contributed by atoms with Gasteiger partial charge in [-0.15, -0.1) is 0 Å². The van der Waals surface area contributed by atoms with Gasteiger partial charge < -0.3 is 10.2 Å². The zero-order valence-corrected chi connectivity index (χ0v) is 13.7. The summed E-state index contributed by atoms with van der Waals surface area (Å²) in [5.41, 5.74) is 0.809. The lowest BCUT2D eigenvalue weighted by Gasteiger charge is -2.22. The van der Waals surface area contributed by atoms with Gasteiger partial charge in [0.1, 0.15) is 6.33 Å². The summed E-state index contributed by atoms with van der Waals surface area (Å²) in [6.07, 6.45) is 5.73. The fourth-order valence-electron chi connectivity index (χ4n) is 3.17. The molecule has 1 fully saturated rings. The van der Waals surface area contributed by atoms with Crippen molar-refractivity contribution in [3.05, 3.63) is 46.8 Å². The van der Waals surface area contributed by atoms with Crippen molar-refractivity contribution in [1.29, 1.82) is 0 Å². The molecule has 1 heterocycles. The number of nitrogens with one attached hydrogen (secondary N) is 1. The maximum atomic E-state index is 11.7. The molecule has 1 N–H and O–H groups in total. The van der Waals surface area contributed by atoms with Crippen molar-refractivity contribution in [2.45, 2.75) is 38.6 Å². The Labute approximate surface area is 140 Å². The zero-order valence-electron chi connectivity index (χ0n) is 13.7. The van der Waals surface area contributed by atoms with Crippen LogP contribution in [0.15, 0.2) is 36.7 Å². The van der Waals surface area contributed by atoms with Gasteiger partial charge in [0.05, 0.1) is 4.92 Å². The van der Waals surface area contributed by atoms with E-state index in [0.29, 0.717) is 18.2 Å². The number of aromatic nitrogens is 2. The van der Waals surface area contributed by atoms with Crippen LogP contribution in [-0.4, -0.2) is 27.5 Å². The smallest absolute Gasteiger partial charge is 0.353 e. The zero-order chi connectivity index (χ0) is 16.9. The van der Waals surface area contributed by atoms with Crippen molar-refractivity contribution in [2.75, 3.05) is 16.8 Å². The fourth-order valence-corrected chi connectivity index (χ4v) is 3.17. The normalized spacial score (nSPS) is 14.5. The minimum Gasteiger partial charge on any atom is -0.361 e. The van der Waals surface area contributed by atoms with Gasteiger partial charge in [-0.25, -0.2) is 9.97 Å². The van der Waals surface area contributed by atoms with E-state index in [0.717, 1.165) is 31.4 Å². The predicted molar refractivity (Wildman–Crippen MR) is 93.7 cm³/mol. The number of benzene rings is 1. The first-order valence-electron chi connectivity index (χ1n) is 8.29. The number of rotatable bonds is 6. The summed E-state index contributed by atoms with van der Waals surface area (Å²) >= 11 is 0. The number of anilines is 3. The van der Waals surface area contributed by atoms with Crippen molar-refractivity contribution in [3.63, 3.8) is 0 Å². The summed E-state index contributed by atoms with van der Waals surface area (Å²) in [5, 5.41) is 15.0. The molecular weight excluding hydrogens is 306 g/mol. The monoisotopic (exact) mass is 327 g/mol. The van der Waals surface area contributed by atoms with Crippen LogP contribution in [0.1, 0.15) is 32.6 Å². The van der Waals surface area contributed by atoms with Gasteiger partial charge in [0.2, 0.25) is 11.6 Å². The van der Waals surface area contributed by atoms with E-state index in [1.165, 1.54) is 6.33 Å². The summed E-state index contributed by atoms with van der Waals surface area (Å²) in [6.45, 7) is 2.52. The van der Waals surface area contributed by atoms with Gasteiger partial charge >= 0.3 is 5.69 Å². The van der Waals surface area contributed by atoms with Crippen LogP contribution in [0.5, 0.6) is 0 Å². The number of nitrogens with zero attached hydrogens (tertiary/aromatic N) is 4. The van der Waals surface area contributed by atoms with E-state index >= 15 is 0 Å². The van der Waals surface area contributed by atoms with Crippen LogP contribution in [0.2, 0.25) is 0 Å². The number of nitro groups is 1. The number of hydrogen-bond donors (Lipinski definition) is 1. The fraction of sp³-hybridized carbons (Fsp3) is 0.412. The Kier molecular flexibility index (Phi) is 4.88. The molecule has 0 atom stereocenters. The highest BCUT2D eigenvalue weighted by molar-refractivity contribution is 5.75. The Balaban J connectivity index is 2.01. The van der Waals surface area contributed by atoms with Crippen LogP contribution in [-0.2, 0) is 0 Å². The van der Waals surface area contributed by atoms with Crippen LogP contribution in [0, 0.1) is 10.1 Å². The first-order valence-corrected chi connectivity index (χ1v) is 8.29. The highest BCUT2D eigenvalue weighted by atomic mass is 16.6. The largest absolute Gasteiger partial charge is 0.361 e. The Hall–Kier alpha value is -2.70. The second kappa shape index (κ2) is 7.25. The van der Waals surface area contributed by atoms with Crippen molar-refractivity contribution >= 4 is 23.0 Å². The molecule has 0 spiro atoms. The maximum absolute atomic E-state index is 11.7. The molecular formula is C17H21N5O2. The summed E-state index contributed by atoms with van der Waals surface area (Å²) in [4.78, 5) is 21.5. The molecule has 0 aliphatic heterocycles. The quantitative estimate of drug-likeness (QED) is 0.640. The van der Waals surface area contributed by atoms with Gasteiger partial charge in [-0.2, -0.15) is 0 Å². The molecule has 1 aromatic carbocycles. The molecule has 0 unspecified atom stereocenters. The van der Waals surface area contributed by atoms with Crippen LogP contribution in [0.4, 0.5) is 23.0 Å². The van der Waals surface area contributed by atoms with Crippen LogP contribution < -0.4 is 10.2 Å². The van der Waals surface area contributed by atoms with E-state index in [1.54, 1.807) is 0 Å². The van der Waals surface area contributed by atoms with Gasteiger partial charge in [-0.05, 0) is 31.9 Å². The molecule has 126 valence electrons. The van der Waals surface area contributed by atoms with Crippen molar-refractivity contribution < 1.29 is 4.92 Å². The van der Waals surface area contributed by atoms with Gasteiger partial charge in [0.15, 0.2) is 0 Å². The van der Waals surface area contributed by atoms with Crippen molar-refractivity contribution in [3.8, 4) is 0 Å². The lowest BCUT2D eigenvalue weighted by atomic mass is 10.2. The average molecular weight is 327 g/mol. The van der Waals surface area contributed by atoms with Gasteiger partial charge in [-0.1, -0.05) is 31.0 Å². The van der Waals surface area contributed by atoms with Gasteiger partial charge in [-0.3, -0.25) is 10.1 Å². The molecule has 1 aliphatic rings. The maximum Gasteiger partial charge on any atom is 0.353 e. The lowest BCUT2D eigenvalue weighted by molar-refractivity contribution is -0.383. The molecule has 7 nitrogen and oxygen atoms in total. The van der Waals surface area contributed by atoms with Gasteiger partial charge in [0.25, 0.3) is 0 Å². The molecule has 24 heavy (non-hydrogen) atoms. The Morgan fingerprint density at radius 3 is 2.58 bits per heavy atom. The Bertz CT molecular complexity index is 701. The molecule has 7 heteroatoms. The van der Waals surface area contributed by atoms with Crippen LogP contribution in [0.3, 0.4) is 0 Å². The predicted octanol–water partition coefficient (Wildman–Crippen LogP) is 3.90. The molecule has 0 amide bonds. The molecule has 1 aliphatic carbocycles. The van der Waals surface area contributed by atoms with Crippen molar-refractivity contribution in [2.24, 2.45) is 0 Å². The molecule has 0 saturated heterocycles. The summed E-state index contributed by atoms with van der Waals surface area (Å²) in [5.74, 6) is 0.635. The second-order valence-electron chi connectivity index (χ2n) is 5.86. The third-order valence-corrected chi connectivity index (χ3v) is 4.32. The Morgan fingerprint density at radius 2 is 1.96 bits per heavy atom.